The topological polar surface area (TPSA) is 29.9 Å². The fourth-order valence-electron chi connectivity index (χ4n) is 1.49. The Morgan fingerprint density at radius 3 is 2.73 bits per heavy atom. The Morgan fingerprint density at radius 2 is 2.20 bits per heavy atom. The molecule has 0 aliphatic heterocycles. The van der Waals surface area contributed by atoms with Gasteiger partial charge in [0.25, 0.3) is 0 Å². The van der Waals surface area contributed by atoms with Crippen LogP contribution in [0.1, 0.15) is 22.7 Å². The summed E-state index contributed by atoms with van der Waals surface area (Å²) in [6.07, 6.45) is 1.80. The third kappa shape index (κ3) is 2.21. The second kappa shape index (κ2) is 4.06. The Kier molecular flexibility index (Phi) is 2.77. The van der Waals surface area contributed by atoms with Crippen LogP contribution in [0.15, 0.2) is 24.4 Å². The third-order valence-corrected chi connectivity index (χ3v) is 3.56. The number of hydrogen-bond donors (Lipinski definition) is 1. The summed E-state index contributed by atoms with van der Waals surface area (Å²) in [5, 5.41) is 7.56. The van der Waals surface area contributed by atoms with E-state index in [9.17, 15) is 0 Å². The molecular formula is C11H15N3S. The van der Waals surface area contributed by atoms with E-state index >= 15 is 0 Å². The summed E-state index contributed by atoms with van der Waals surface area (Å²) in [4.78, 5) is 2.71. The second-order valence-corrected chi connectivity index (χ2v) is 4.97. The predicted molar refractivity (Wildman–Crippen MR) is 64.3 cm³/mol. The van der Waals surface area contributed by atoms with Gasteiger partial charge in [-0.3, -0.25) is 4.68 Å². The molecule has 2 heterocycles. The van der Waals surface area contributed by atoms with Crippen LogP contribution >= 0.6 is 11.3 Å². The Hall–Kier alpha value is -1.29. The number of aromatic nitrogens is 2. The average molecular weight is 221 g/mol. The number of rotatable bonds is 3. The lowest BCUT2D eigenvalue weighted by atomic mass is 10.3. The highest BCUT2D eigenvalue weighted by molar-refractivity contribution is 7.12. The SMILES string of the molecule is Cc1ccc(C(C)Nc2ccnn2C)s1. The first-order chi connectivity index (χ1) is 7.16. The fourth-order valence-corrected chi connectivity index (χ4v) is 2.37. The van der Waals surface area contributed by atoms with E-state index < -0.39 is 0 Å². The van der Waals surface area contributed by atoms with Crippen molar-refractivity contribution < 1.29 is 0 Å². The summed E-state index contributed by atoms with van der Waals surface area (Å²) in [6.45, 7) is 4.29. The Bertz CT molecular complexity index is 444. The van der Waals surface area contributed by atoms with E-state index in [-0.39, 0.29) is 0 Å². The van der Waals surface area contributed by atoms with Gasteiger partial charge in [0, 0.05) is 22.9 Å². The maximum absolute atomic E-state index is 4.13. The molecule has 1 unspecified atom stereocenters. The number of anilines is 1. The van der Waals surface area contributed by atoms with Gasteiger partial charge >= 0.3 is 0 Å². The average Bonchev–Trinajstić information content (AvgIpc) is 2.77. The quantitative estimate of drug-likeness (QED) is 0.863. The maximum atomic E-state index is 4.13. The van der Waals surface area contributed by atoms with Gasteiger partial charge in [-0.2, -0.15) is 5.10 Å². The highest BCUT2D eigenvalue weighted by Gasteiger charge is 2.08. The lowest BCUT2D eigenvalue weighted by Crippen LogP contribution is -2.08. The lowest BCUT2D eigenvalue weighted by molar-refractivity contribution is 0.753. The Labute approximate surface area is 93.7 Å². The van der Waals surface area contributed by atoms with Crippen molar-refractivity contribution in [3.63, 3.8) is 0 Å². The predicted octanol–water partition coefficient (Wildman–Crippen LogP) is 2.96. The molecule has 0 saturated heterocycles. The molecule has 0 aliphatic rings. The standard InChI is InChI=1S/C11H15N3S/c1-8-4-5-10(15-8)9(2)13-11-6-7-12-14(11)3/h4-7,9,13H,1-3H3. The van der Waals surface area contributed by atoms with Crippen molar-refractivity contribution in [2.45, 2.75) is 19.9 Å². The highest BCUT2D eigenvalue weighted by atomic mass is 32.1. The van der Waals surface area contributed by atoms with E-state index in [4.69, 9.17) is 0 Å². The van der Waals surface area contributed by atoms with Crippen LogP contribution in [0.4, 0.5) is 5.82 Å². The smallest absolute Gasteiger partial charge is 0.124 e. The zero-order chi connectivity index (χ0) is 10.8. The summed E-state index contributed by atoms with van der Waals surface area (Å²) >= 11 is 1.83. The molecule has 1 atom stereocenters. The van der Waals surface area contributed by atoms with E-state index in [0.29, 0.717) is 6.04 Å². The minimum Gasteiger partial charge on any atom is -0.363 e. The van der Waals surface area contributed by atoms with Gasteiger partial charge in [0.1, 0.15) is 5.82 Å². The molecule has 0 bridgehead atoms. The van der Waals surface area contributed by atoms with E-state index in [0.717, 1.165) is 5.82 Å². The molecule has 0 saturated carbocycles. The van der Waals surface area contributed by atoms with E-state index in [1.54, 1.807) is 6.20 Å². The summed E-state index contributed by atoms with van der Waals surface area (Å²) in [6, 6.07) is 6.64. The molecule has 3 nitrogen and oxygen atoms in total. The number of thiophene rings is 1. The molecule has 0 aromatic carbocycles. The lowest BCUT2D eigenvalue weighted by Gasteiger charge is -2.13. The normalized spacial score (nSPS) is 12.7. The van der Waals surface area contributed by atoms with Gasteiger partial charge in [0.2, 0.25) is 0 Å². The molecule has 80 valence electrons. The molecule has 15 heavy (non-hydrogen) atoms. The van der Waals surface area contributed by atoms with Crippen LogP contribution in [0.3, 0.4) is 0 Å². The largest absolute Gasteiger partial charge is 0.363 e. The van der Waals surface area contributed by atoms with Crippen molar-refractivity contribution in [1.82, 2.24) is 9.78 Å². The molecule has 0 amide bonds. The van der Waals surface area contributed by atoms with Crippen molar-refractivity contribution in [2.75, 3.05) is 5.32 Å². The van der Waals surface area contributed by atoms with Crippen molar-refractivity contribution in [2.24, 2.45) is 7.05 Å². The van der Waals surface area contributed by atoms with Gasteiger partial charge in [-0.1, -0.05) is 0 Å². The van der Waals surface area contributed by atoms with Gasteiger partial charge in [0.15, 0.2) is 0 Å². The van der Waals surface area contributed by atoms with Gasteiger partial charge in [-0.15, -0.1) is 11.3 Å². The molecule has 2 rings (SSSR count). The monoisotopic (exact) mass is 221 g/mol. The molecule has 0 spiro atoms. The number of nitrogens with one attached hydrogen (secondary N) is 1. The van der Waals surface area contributed by atoms with Crippen molar-refractivity contribution >= 4 is 17.2 Å². The molecule has 0 aliphatic carbocycles. The minimum absolute atomic E-state index is 0.332. The number of hydrogen-bond acceptors (Lipinski definition) is 3. The van der Waals surface area contributed by atoms with Crippen molar-refractivity contribution in [3.8, 4) is 0 Å². The highest BCUT2D eigenvalue weighted by Crippen LogP contribution is 2.25. The van der Waals surface area contributed by atoms with Crippen LogP contribution in [-0.4, -0.2) is 9.78 Å². The number of nitrogens with zero attached hydrogens (tertiary/aromatic N) is 2. The molecule has 2 aromatic heterocycles. The fraction of sp³-hybridized carbons (Fsp3) is 0.364. The first-order valence-electron chi connectivity index (χ1n) is 4.97. The van der Waals surface area contributed by atoms with Crippen LogP contribution < -0.4 is 5.32 Å². The molecule has 2 aromatic rings. The summed E-state index contributed by atoms with van der Waals surface area (Å²) in [7, 11) is 1.94. The summed E-state index contributed by atoms with van der Waals surface area (Å²) in [5.41, 5.74) is 0. The van der Waals surface area contributed by atoms with E-state index in [1.165, 1.54) is 9.75 Å². The number of aryl methyl sites for hydroxylation is 2. The molecule has 0 radical (unpaired) electrons. The van der Waals surface area contributed by atoms with E-state index in [1.807, 2.05) is 29.1 Å². The van der Waals surface area contributed by atoms with E-state index in [2.05, 4.69) is 36.4 Å². The summed E-state index contributed by atoms with van der Waals surface area (Å²) < 4.78 is 1.84. The Balaban J connectivity index is 2.10. The second-order valence-electron chi connectivity index (χ2n) is 3.65. The van der Waals surface area contributed by atoms with Crippen LogP contribution in [-0.2, 0) is 7.05 Å². The maximum Gasteiger partial charge on any atom is 0.124 e. The molecule has 4 heteroatoms. The summed E-state index contributed by atoms with van der Waals surface area (Å²) in [5.74, 6) is 1.05. The van der Waals surface area contributed by atoms with Crippen LogP contribution in [0.2, 0.25) is 0 Å². The molecule has 0 fully saturated rings. The third-order valence-electron chi connectivity index (χ3n) is 2.37. The zero-order valence-electron chi connectivity index (χ0n) is 9.19. The van der Waals surface area contributed by atoms with Gasteiger partial charge < -0.3 is 5.32 Å². The van der Waals surface area contributed by atoms with Crippen LogP contribution in [0.25, 0.3) is 0 Å². The van der Waals surface area contributed by atoms with Crippen LogP contribution in [0, 0.1) is 6.92 Å². The minimum atomic E-state index is 0.332. The van der Waals surface area contributed by atoms with Gasteiger partial charge in [-0.25, -0.2) is 0 Å². The van der Waals surface area contributed by atoms with Gasteiger partial charge in [-0.05, 0) is 26.0 Å². The van der Waals surface area contributed by atoms with Crippen LogP contribution in [0.5, 0.6) is 0 Å². The molecular weight excluding hydrogens is 206 g/mol. The first-order valence-corrected chi connectivity index (χ1v) is 5.79. The molecule has 1 N–H and O–H groups in total. The van der Waals surface area contributed by atoms with Crippen molar-refractivity contribution in [3.05, 3.63) is 34.2 Å². The zero-order valence-corrected chi connectivity index (χ0v) is 10.0. The van der Waals surface area contributed by atoms with Gasteiger partial charge in [0.05, 0.1) is 12.2 Å². The van der Waals surface area contributed by atoms with Crippen molar-refractivity contribution in [1.29, 1.82) is 0 Å². The first kappa shape index (κ1) is 10.2. The Morgan fingerprint density at radius 1 is 1.40 bits per heavy atom.